The number of ether oxygens (including phenoxy) is 7. The average Bonchev–Trinajstić information content (AvgIpc) is 1.23. The summed E-state index contributed by atoms with van der Waals surface area (Å²) < 4.78 is 76.8. The number of aromatic amines is 2. The second-order valence-electron chi connectivity index (χ2n) is 23.3. The van der Waals surface area contributed by atoms with Crippen molar-refractivity contribution in [3.8, 4) is 17.2 Å². The van der Waals surface area contributed by atoms with Crippen LogP contribution >= 0.6 is 8.25 Å². The highest BCUT2D eigenvalue weighted by atomic mass is 31.1. The molecule has 2 aliphatic heterocycles. The van der Waals surface area contributed by atoms with Crippen molar-refractivity contribution >= 4 is 54.3 Å². The van der Waals surface area contributed by atoms with Gasteiger partial charge < -0.3 is 33.2 Å². The minimum atomic E-state index is -3.08. The van der Waals surface area contributed by atoms with E-state index in [0.717, 1.165) is 33.4 Å². The SMILES string of the molecule is COc1ccc(C(OC[C@H]2O[C@@H](n3cnc4c(=O)[nH]c(NC(=O)C(C)C)nc43)C[C@@H]2O[P+](=O)OC[C@H]2O[C@@H](n3cnc4c(=O)[nH]c(NC(=O)C(C)C)nc43)C[C@@H]2OC(c2ccccc2)(c2ccccc2)c2ccc(OC)cc2)(c2ccccc2)c2ccc(OC)cc2)cc1. The van der Waals surface area contributed by atoms with E-state index in [-0.39, 0.29) is 72.1 Å². The predicted octanol–water partition coefficient (Wildman–Crippen LogP) is 10.5. The Labute approximate surface area is 540 Å². The number of carbonyl (C=O) groups is 2. The van der Waals surface area contributed by atoms with Crippen molar-refractivity contribution in [1.82, 2.24) is 39.0 Å². The maximum absolute atomic E-state index is 15.0. The predicted molar refractivity (Wildman–Crippen MR) is 348 cm³/mol. The van der Waals surface area contributed by atoms with Crippen molar-refractivity contribution < 1.29 is 56.4 Å². The Balaban J connectivity index is 0.910. The van der Waals surface area contributed by atoms with E-state index in [1.807, 2.05) is 164 Å². The fraction of sp³-hybridized carbons (Fsp3) is 0.304. The Hall–Kier alpha value is -9.78. The number of nitrogens with one attached hydrogen (secondary N) is 4. The summed E-state index contributed by atoms with van der Waals surface area (Å²) in [5, 5.41) is 5.36. The molecule has 0 bridgehead atoms. The Morgan fingerprint density at radius 1 is 0.543 bits per heavy atom. The summed E-state index contributed by atoms with van der Waals surface area (Å²) in [6, 6.07) is 51.8. The summed E-state index contributed by atoms with van der Waals surface area (Å²) in [5.74, 6) is 0.116. The van der Waals surface area contributed by atoms with E-state index >= 15 is 4.57 Å². The number of amides is 2. The first-order valence-electron chi connectivity index (χ1n) is 30.6. The van der Waals surface area contributed by atoms with Crippen LogP contribution in [-0.4, -0.2) is 110 Å². The van der Waals surface area contributed by atoms with Gasteiger partial charge in [0.25, 0.3) is 11.1 Å². The average molecular weight is 1290 g/mol. The smallest absolute Gasteiger partial charge is 0.497 e. The van der Waals surface area contributed by atoms with Crippen molar-refractivity contribution in [3.63, 3.8) is 0 Å². The lowest BCUT2D eigenvalue weighted by Gasteiger charge is -2.39. The summed E-state index contributed by atoms with van der Waals surface area (Å²) in [7, 11) is 1.70. The minimum absolute atomic E-state index is 0.00120. The van der Waals surface area contributed by atoms with Crippen molar-refractivity contribution in [2.24, 2.45) is 11.8 Å². The number of rotatable bonds is 25. The molecule has 6 heterocycles. The number of benzene rings is 6. The molecule has 10 aromatic rings. The lowest BCUT2D eigenvalue weighted by Crippen LogP contribution is -2.41. The lowest BCUT2D eigenvalue weighted by atomic mass is 9.79. The number of imidazole rings is 2. The molecule has 0 radical (unpaired) electrons. The van der Waals surface area contributed by atoms with Crippen LogP contribution in [0.15, 0.2) is 186 Å². The number of hydrogen-bond acceptors (Lipinski definition) is 18. The van der Waals surface area contributed by atoms with Crippen LogP contribution in [0.4, 0.5) is 11.9 Å². The summed E-state index contributed by atoms with van der Waals surface area (Å²) in [4.78, 5) is 76.3. The third kappa shape index (κ3) is 13.0. The maximum atomic E-state index is 15.0. The van der Waals surface area contributed by atoms with Gasteiger partial charge in [-0.2, -0.15) is 9.97 Å². The molecule has 6 aromatic carbocycles. The van der Waals surface area contributed by atoms with Gasteiger partial charge >= 0.3 is 8.25 Å². The maximum Gasteiger partial charge on any atom is 0.697 e. The first-order chi connectivity index (χ1) is 45.6. The van der Waals surface area contributed by atoms with Gasteiger partial charge in [-0.3, -0.25) is 48.9 Å². The number of carbonyl (C=O) groups excluding carboxylic acids is 2. The molecule has 2 saturated heterocycles. The highest BCUT2D eigenvalue weighted by Crippen LogP contribution is 2.48. The zero-order valence-corrected chi connectivity index (χ0v) is 53.4. The molecule has 484 valence electrons. The second-order valence-corrected chi connectivity index (χ2v) is 24.2. The first-order valence-corrected chi connectivity index (χ1v) is 31.7. The normalized spacial score (nSPS) is 18.4. The van der Waals surface area contributed by atoms with Crippen LogP contribution in [0.1, 0.15) is 86.4 Å². The van der Waals surface area contributed by atoms with Crippen LogP contribution in [-0.2, 0) is 53.4 Å². The molecule has 1 unspecified atom stereocenters. The monoisotopic (exact) mass is 1290 g/mol. The second kappa shape index (κ2) is 27.8. The van der Waals surface area contributed by atoms with Crippen LogP contribution in [0.25, 0.3) is 22.3 Å². The Morgan fingerprint density at radius 3 is 1.32 bits per heavy atom. The number of hydrogen-bond donors (Lipinski definition) is 4. The molecule has 0 saturated carbocycles. The van der Waals surface area contributed by atoms with Gasteiger partial charge in [0.2, 0.25) is 23.7 Å². The number of methoxy groups -OCH3 is 3. The van der Waals surface area contributed by atoms with Gasteiger partial charge in [-0.25, -0.2) is 9.97 Å². The molecule has 94 heavy (non-hydrogen) atoms. The third-order valence-corrected chi connectivity index (χ3v) is 17.6. The van der Waals surface area contributed by atoms with E-state index < -0.39 is 79.3 Å². The number of anilines is 2. The van der Waals surface area contributed by atoms with E-state index in [4.69, 9.17) is 42.2 Å². The third-order valence-electron chi connectivity index (χ3n) is 16.8. The number of fused-ring (bicyclic) bond motifs is 2. The fourth-order valence-electron chi connectivity index (χ4n) is 11.9. The van der Waals surface area contributed by atoms with Crippen molar-refractivity contribution in [1.29, 1.82) is 0 Å². The molecule has 25 heteroatoms. The zero-order chi connectivity index (χ0) is 65.7. The van der Waals surface area contributed by atoms with Gasteiger partial charge in [-0.15, -0.1) is 9.05 Å². The van der Waals surface area contributed by atoms with Gasteiger partial charge in [0, 0.05) is 29.2 Å². The quantitative estimate of drug-likeness (QED) is 0.0305. The van der Waals surface area contributed by atoms with Crippen LogP contribution < -0.4 is 36.0 Å². The van der Waals surface area contributed by atoms with Crippen LogP contribution in [0.2, 0.25) is 0 Å². The highest BCUT2D eigenvalue weighted by Gasteiger charge is 2.50. The van der Waals surface area contributed by atoms with E-state index in [1.165, 1.54) is 12.7 Å². The summed E-state index contributed by atoms with van der Waals surface area (Å²) in [5.41, 5.74) is 0.872. The van der Waals surface area contributed by atoms with Crippen molar-refractivity contribution in [2.75, 3.05) is 45.2 Å². The summed E-state index contributed by atoms with van der Waals surface area (Å²) in [6.07, 6.45) is -2.91. The molecule has 0 aliphatic carbocycles. The van der Waals surface area contributed by atoms with Gasteiger partial charge in [0.15, 0.2) is 22.3 Å². The van der Waals surface area contributed by atoms with E-state index in [2.05, 4.69) is 40.5 Å². The van der Waals surface area contributed by atoms with Crippen molar-refractivity contribution in [2.45, 2.75) is 88.6 Å². The molecule has 7 atom stereocenters. The molecule has 4 N–H and O–H groups in total. The van der Waals surface area contributed by atoms with E-state index in [9.17, 15) is 19.2 Å². The molecule has 12 rings (SSSR count). The van der Waals surface area contributed by atoms with Crippen LogP contribution in [0.3, 0.4) is 0 Å². The molecular weight excluding hydrogens is 1220 g/mol. The molecule has 0 spiro atoms. The van der Waals surface area contributed by atoms with E-state index in [0.29, 0.717) is 17.2 Å². The number of H-pyrrole nitrogens is 2. The fourth-order valence-corrected chi connectivity index (χ4v) is 12.6. The minimum Gasteiger partial charge on any atom is -0.497 e. The van der Waals surface area contributed by atoms with Crippen LogP contribution in [0.5, 0.6) is 17.2 Å². The number of aromatic nitrogens is 8. The molecular formula is C69H70N10O14P+. The first kappa shape index (κ1) is 64.3. The van der Waals surface area contributed by atoms with Gasteiger partial charge in [-0.1, -0.05) is 155 Å². The van der Waals surface area contributed by atoms with Gasteiger partial charge in [0.05, 0.1) is 46.7 Å². The molecule has 2 amide bonds. The number of nitrogens with zero attached hydrogens (tertiary/aromatic N) is 6. The largest absolute Gasteiger partial charge is 0.697 e. The molecule has 24 nitrogen and oxygen atoms in total. The highest BCUT2D eigenvalue weighted by molar-refractivity contribution is 7.33. The summed E-state index contributed by atoms with van der Waals surface area (Å²) >= 11 is 0. The van der Waals surface area contributed by atoms with Gasteiger partial charge in [0.1, 0.15) is 65.8 Å². The van der Waals surface area contributed by atoms with E-state index in [1.54, 1.807) is 58.2 Å². The van der Waals surface area contributed by atoms with Gasteiger partial charge in [-0.05, 0) is 69.8 Å². The van der Waals surface area contributed by atoms with Crippen LogP contribution in [0, 0.1) is 11.8 Å². The lowest BCUT2D eigenvalue weighted by molar-refractivity contribution is -0.119. The topological polar surface area (TPSA) is 285 Å². The van der Waals surface area contributed by atoms with Crippen molar-refractivity contribution in [3.05, 3.63) is 231 Å². The Kier molecular flexibility index (Phi) is 19.0. The molecule has 2 aliphatic rings. The zero-order valence-electron chi connectivity index (χ0n) is 52.5. The Bertz CT molecular complexity index is 4330. The molecule has 4 aromatic heterocycles. The molecule has 2 fully saturated rings. The Morgan fingerprint density at radius 2 is 0.915 bits per heavy atom. The standard InChI is InChI=1S/C69H69N10O14P/c1-41(2)62(80)74-66-72-60-58(64(82)76-66)70-39-78(60)56-35-52(92-69(44-19-13-9-14-20-44,45-21-15-10-16-22-45)48-27-33-51(87-7)34-28-48)55(91-56)38-89-94(84)93-53-36-57(79-40-71-59-61(79)73-67(77-65(59)83)75-63(81)42(3)4)90-54(53)37-88-68(43-17-11-8-12-18-43,46-23-29-49(85-5)30-24-46)47-25-31-50(86-6)32-26-47/h8-34,39-42,52-57H,35-38H2,1-7H3,(H3-,72,73,74,75,76,77,80,81,82,83)/p+1/t52-,53-,54+,55+,56+,57+/m0/s1. The summed E-state index contributed by atoms with van der Waals surface area (Å²) in [6.45, 7) is 6.30.